The third-order valence-electron chi connectivity index (χ3n) is 4.40. The number of amides is 2. The molecule has 2 amide bonds. The van der Waals surface area contributed by atoms with Crippen molar-refractivity contribution in [3.63, 3.8) is 0 Å². The van der Waals surface area contributed by atoms with Gasteiger partial charge in [0.1, 0.15) is 0 Å². The molecule has 1 atom stereocenters. The second-order valence-electron chi connectivity index (χ2n) is 5.94. The number of carbonyl (C=O) groups excluding carboxylic acids is 2. The standard InChI is InChI=1S/C18H26N2O4/c1-4-18(5-2,17(23)24)12-19-16(22)11-15(20-13(3)21)14-9-7-6-8-10-14/h6-10,15H,4-5,11-12H2,1-3H3,(H,19,22)(H,20,21)(H,23,24). The number of benzene rings is 1. The predicted octanol–water partition coefficient (Wildman–Crippen LogP) is 2.26. The Balaban J connectivity index is 2.75. The third kappa shape index (κ3) is 5.37. The first-order chi connectivity index (χ1) is 11.3. The normalized spacial score (nSPS) is 12.3. The van der Waals surface area contributed by atoms with Gasteiger partial charge in [-0.3, -0.25) is 14.4 Å². The molecule has 0 aliphatic heterocycles. The SMILES string of the molecule is CCC(CC)(CNC(=O)CC(NC(C)=O)c1ccccc1)C(=O)O. The molecular formula is C18H26N2O4. The number of rotatable bonds is 9. The van der Waals surface area contributed by atoms with E-state index in [9.17, 15) is 19.5 Å². The van der Waals surface area contributed by atoms with Gasteiger partial charge >= 0.3 is 5.97 Å². The molecule has 0 radical (unpaired) electrons. The molecule has 24 heavy (non-hydrogen) atoms. The van der Waals surface area contributed by atoms with Crippen LogP contribution >= 0.6 is 0 Å². The largest absolute Gasteiger partial charge is 0.481 e. The lowest BCUT2D eigenvalue weighted by atomic mass is 9.82. The molecule has 0 aromatic heterocycles. The lowest BCUT2D eigenvalue weighted by molar-refractivity contribution is -0.149. The Morgan fingerprint density at radius 1 is 1.12 bits per heavy atom. The van der Waals surface area contributed by atoms with E-state index in [4.69, 9.17) is 0 Å². The maximum absolute atomic E-state index is 12.3. The topological polar surface area (TPSA) is 95.5 Å². The van der Waals surface area contributed by atoms with Gasteiger partial charge in [-0.25, -0.2) is 0 Å². The summed E-state index contributed by atoms with van der Waals surface area (Å²) in [5, 5.41) is 14.9. The molecule has 1 aromatic carbocycles. The summed E-state index contributed by atoms with van der Waals surface area (Å²) in [6.45, 7) is 5.08. The molecule has 6 heteroatoms. The van der Waals surface area contributed by atoms with Gasteiger partial charge in [-0.2, -0.15) is 0 Å². The van der Waals surface area contributed by atoms with E-state index >= 15 is 0 Å². The lowest BCUT2D eigenvalue weighted by Crippen LogP contribution is -2.43. The zero-order valence-corrected chi connectivity index (χ0v) is 14.5. The van der Waals surface area contributed by atoms with Crippen LogP contribution in [0.2, 0.25) is 0 Å². The summed E-state index contributed by atoms with van der Waals surface area (Å²) >= 11 is 0. The maximum Gasteiger partial charge on any atom is 0.311 e. The summed E-state index contributed by atoms with van der Waals surface area (Å²) < 4.78 is 0. The van der Waals surface area contributed by atoms with Crippen LogP contribution in [0.5, 0.6) is 0 Å². The van der Waals surface area contributed by atoms with Crippen molar-refractivity contribution in [1.29, 1.82) is 0 Å². The van der Waals surface area contributed by atoms with E-state index in [1.165, 1.54) is 6.92 Å². The molecule has 6 nitrogen and oxygen atoms in total. The molecule has 1 unspecified atom stereocenters. The van der Waals surface area contributed by atoms with Crippen LogP contribution in [0.1, 0.15) is 51.6 Å². The molecular weight excluding hydrogens is 308 g/mol. The fourth-order valence-electron chi connectivity index (χ4n) is 2.59. The van der Waals surface area contributed by atoms with Crippen molar-refractivity contribution >= 4 is 17.8 Å². The first-order valence-corrected chi connectivity index (χ1v) is 8.16. The smallest absolute Gasteiger partial charge is 0.311 e. The van der Waals surface area contributed by atoms with Gasteiger partial charge in [0.2, 0.25) is 11.8 Å². The summed E-state index contributed by atoms with van der Waals surface area (Å²) in [7, 11) is 0. The molecule has 0 spiro atoms. The number of hydrogen-bond acceptors (Lipinski definition) is 3. The number of carbonyl (C=O) groups is 3. The number of hydrogen-bond donors (Lipinski definition) is 3. The maximum atomic E-state index is 12.3. The Morgan fingerprint density at radius 3 is 2.17 bits per heavy atom. The van der Waals surface area contributed by atoms with Crippen LogP contribution in [-0.4, -0.2) is 29.4 Å². The Kier molecular flexibility index (Phi) is 7.42. The summed E-state index contributed by atoms with van der Waals surface area (Å²) in [5.74, 6) is -1.42. The van der Waals surface area contributed by atoms with Crippen LogP contribution in [0.4, 0.5) is 0 Å². The van der Waals surface area contributed by atoms with Crippen LogP contribution in [0, 0.1) is 5.41 Å². The zero-order valence-electron chi connectivity index (χ0n) is 14.5. The van der Waals surface area contributed by atoms with Gasteiger partial charge in [0, 0.05) is 13.5 Å². The highest BCUT2D eigenvalue weighted by Crippen LogP contribution is 2.26. The molecule has 0 aliphatic carbocycles. The highest BCUT2D eigenvalue weighted by molar-refractivity contribution is 5.80. The fraction of sp³-hybridized carbons (Fsp3) is 0.500. The number of carboxylic acid groups (broad SMARTS) is 1. The van der Waals surface area contributed by atoms with E-state index < -0.39 is 17.4 Å². The van der Waals surface area contributed by atoms with Crippen LogP contribution in [0.3, 0.4) is 0 Å². The van der Waals surface area contributed by atoms with E-state index in [1.807, 2.05) is 30.3 Å². The number of nitrogens with one attached hydrogen (secondary N) is 2. The van der Waals surface area contributed by atoms with Gasteiger partial charge in [-0.15, -0.1) is 0 Å². The van der Waals surface area contributed by atoms with Gasteiger partial charge in [0.25, 0.3) is 0 Å². The molecule has 0 saturated heterocycles. The number of carboxylic acids is 1. The van der Waals surface area contributed by atoms with Crippen molar-refractivity contribution in [1.82, 2.24) is 10.6 Å². The molecule has 0 heterocycles. The average molecular weight is 334 g/mol. The molecule has 1 rings (SSSR count). The van der Waals surface area contributed by atoms with Crippen molar-refractivity contribution in [2.24, 2.45) is 5.41 Å². The third-order valence-corrected chi connectivity index (χ3v) is 4.40. The highest BCUT2D eigenvalue weighted by Gasteiger charge is 2.35. The van der Waals surface area contributed by atoms with Gasteiger partial charge in [-0.05, 0) is 18.4 Å². The Labute approximate surface area is 142 Å². The monoisotopic (exact) mass is 334 g/mol. The van der Waals surface area contributed by atoms with Crippen LogP contribution < -0.4 is 10.6 Å². The lowest BCUT2D eigenvalue weighted by Gasteiger charge is -2.27. The van der Waals surface area contributed by atoms with Crippen molar-refractivity contribution in [3.05, 3.63) is 35.9 Å². The van der Waals surface area contributed by atoms with Crippen LogP contribution in [-0.2, 0) is 14.4 Å². The predicted molar refractivity (Wildman–Crippen MR) is 91.3 cm³/mol. The van der Waals surface area contributed by atoms with Gasteiger partial charge < -0.3 is 15.7 Å². The minimum absolute atomic E-state index is 0.0622. The van der Waals surface area contributed by atoms with Crippen molar-refractivity contribution in [3.8, 4) is 0 Å². The molecule has 0 saturated carbocycles. The van der Waals surface area contributed by atoms with E-state index in [1.54, 1.807) is 13.8 Å². The molecule has 132 valence electrons. The van der Waals surface area contributed by atoms with Gasteiger partial charge in [-0.1, -0.05) is 44.2 Å². The average Bonchev–Trinajstić information content (AvgIpc) is 2.56. The summed E-state index contributed by atoms with van der Waals surface area (Å²) in [6.07, 6.45) is 0.937. The van der Waals surface area contributed by atoms with E-state index in [0.29, 0.717) is 12.8 Å². The quantitative estimate of drug-likeness (QED) is 0.645. The van der Waals surface area contributed by atoms with Crippen LogP contribution in [0.25, 0.3) is 0 Å². The number of aliphatic carboxylic acids is 1. The fourth-order valence-corrected chi connectivity index (χ4v) is 2.59. The van der Waals surface area contributed by atoms with Gasteiger partial charge in [0.15, 0.2) is 0 Å². The summed E-state index contributed by atoms with van der Waals surface area (Å²) in [5.41, 5.74) is -0.121. The first-order valence-electron chi connectivity index (χ1n) is 8.16. The van der Waals surface area contributed by atoms with Crippen molar-refractivity contribution < 1.29 is 19.5 Å². The Bertz CT molecular complexity index is 568. The first kappa shape index (κ1) is 19.7. The second kappa shape index (κ2) is 9.05. The van der Waals surface area contributed by atoms with Crippen molar-refractivity contribution in [2.75, 3.05) is 6.54 Å². The molecule has 0 fully saturated rings. The van der Waals surface area contributed by atoms with Crippen LogP contribution in [0.15, 0.2) is 30.3 Å². The molecule has 3 N–H and O–H groups in total. The zero-order chi connectivity index (χ0) is 18.2. The minimum Gasteiger partial charge on any atom is -0.481 e. The van der Waals surface area contributed by atoms with E-state index in [-0.39, 0.29) is 24.8 Å². The van der Waals surface area contributed by atoms with Crippen molar-refractivity contribution in [2.45, 2.75) is 46.1 Å². The minimum atomic E-state index is -0.952. The van der Waals surface area contributed by atoms with E-state index in [2.05, 4.69) is 10.6 Å². The summed E-state index contributed by atoms with van der Waals surface area (Å²) in [6, 6.07) is 8.78. The van der Waals surface area contributed by atoms with E-state index in [0.717, 1.165) is 5.56 Å². The van der Waals surface area contributed by atoms with Gasteiger partial charge in [0.05, 0.1) is 17.9 Å². The molecule has 0 bridgehead atoms. The molecule has 0 aliphatic rings. The highest BCUT2D eigenvalue weighted by atomic mass is 16.4. The summed E-state index contributed by atoms with van der Waals surface area (Å²) in [4.78, 5) is 35.1. The Hall–Kier alpha value is -2.37. The Morgan fingerprint density at radius 2 is 1.71 bits per heavy atom. The molecule has 1 aromatic rings. The second-order valence-corrected chi connectivity index (χ2v) is 5.94.